The van der Waals surface area contributed by atoms with Crippen LogP contribution in [0, 0.1) is 0 Å². The second kappa shape index (κ2) is 5.95. The molecule has 7 nitrogen and oxygen atoms in total. The number of aromatic nitrogens is 3. The third kappa shape index (κ3) is 4.68. The Hall–Kier alpha value is -1.18. The molecule has 0 amide bonds. The van der Waals surface area contributed by atoms with E-state index in [1.54, 1.807) is 6.92 Å². The van der Waals surface area contributed by atoms with E-state index in [0.717, 1.165) is 0 Å². The molecule has 17 heavy (non-hydrogen) atoms. The topological polar surface area (TPSA) is 100 Å². The predicted octanol–water partition coefficient (Wildman–Crippen LogP) is 0.0789. The summed E-state index contributed by atoms with van der Waals surface area (Å²) in [5.41, 5.74) is -1.26. The van der Waals surface area contributed by atoms with E-state index < -0.39 is 5.60 Å². The summed E-state index contributed by atoms with van der Waals surface area (Å²) in [6.45, 7) is 3.38. The molecule has 0 fully saturated rings. The minimum atomic E-state index is -1.26. The van der Waals surface area contributed by atoms with Crippen molar-refractivity contribution in [3.63, 3.8) is 0 Å². The Morgan fingerprint density at radius 3 is 2.71 bits per heavy atom. The van der Waals surface area contributed by atoms with Crippen LogP contribution in [0.25, 0.3) is 0 Å². The summed E-state index contributed by atoms with van der Waals surface area (Å²) in [6, 6.07) is 0.110. The van der Waals surface area contributed by atoms with E-state index in [9.17, 15) is 5.11 Å². The first-order valence-electron chi connectivity index (χ1n) is 5.08. The smallest absolute Gasteiger partial charge is 0.322 e. The standard InChI is InChI=1S/C9H15ClN4O3/c1-3-17-8-13-6(10)12-7(14-8)11-4-9(2,16)5-15/h15-16H,3-5H2,1-2H3,(H,11,12,13,14). The Labute approximate surface area is 104 Å². The molecule has 1 rings (SSSR count). The quantitative estimate of drug-likeness (QED) is 0.667. The third-order valence-corrected chi connectivity index (χ3v) is 2.00. The highest BCUT2D eigenvalue weighted by Crippen LogP contribution is 2.12. The van der Waals surface area contributed by atoms with Crippen molar-refractivity contribution >= 4 is 17.5 Å². The van der Waals surface area contributed by atoms with E-state index in [2.05, 4.69) is 20.3 Å². The van der Waals surface area contributed by atoms with Gasteiger partial charge in [0, 0.05) is 6.54 Å². The van der Waals surface area contributed by atoms with Crippen molar-refractivity contribution in [2.45, 2.75) is 19.4 Å². The Kier molecular flexibility index (Phi) is 4.86. The molecule has 0 aromatic carbocycles. The summed E-state index contributed by atoms with van der Waals surface area (Å²) >= 11 is 5.68. The number of halogens is 1. The van der Waals surface area contributed by atoms with Gasteiger partial charge in [0.1, 0.15) is 5.60 Å². The predicted molar refractivity (Wildman–Crippen MR) is 62.2 cm³/mol. The fourth-order valence-corrected chi connectivity index (χ4v) is 1.08. The molecule has 1 atom stereocenters. The van der Waals surface area contributed by atoms with Crippen molar-refractivity contribution in [1.82, 2.24) is 15.0 Å². The number of aliphatic hydroxyl groups excluding tert-OH is 1. The Morgan fingerprint density at radius 2 is 2.12 bits per heavy atom. The monoisotopic (exact) mass is 262 g/mol. The largest absolute Gasteiger partial charge is 0.464 e. The maximum Gasteiger partial charge on any atom is 0.322 e. The van der Waals surface area contributed by atoms with E-state index in [0.29, 0.717) is 6.61 Å². The number of hydrogen-bond donors (Lipinski definition) is 3. The summed E-state index contributed by atoms with van der Waals surface area (Å²) in [6.07, 6.45) is 0. The van der Waals surface area contributed by atoms with Crippen LogP contribution in [0.2, 0.25) is 5.28 Å². The summed E-state index contributed by atoms with van der Waals surface area (Å²) in [4.78, 5) is 11.5. The lowest BCUT2D eigenvalue weighted by molar-refractivity contribution is 0.0131. The fourth-order valence-electron chi connectivity index (χ4n) is 0.930. The van der Waals surface area contributed by atoms with Crippen molar-refractivity contribution in [3.05, 3.63) is 5.28 Å². The molecular formula is C9H15ClN4O3. The lowest BCUT2D eigenvalue weighted by Gasteiger charge is -2.20. The highest BCUT2D eigenvalue weighted by molar-refractivity contribution is 6.28. The molecule has 1 unspecified atom stereocenters. The van der Waals surface area contributed by atoms with E-state index in [4.69, 9.17) is 21.4 Å². The maximum atomic E-state index is 9.58. The molecule has 0 aliphatic rings. The molecule has 0 saturated heterocycles. The maximum absolute atomic E-state index is 9.58. The van der Waals surface area contributed by atoms with Gasteiger partial charge in [-0.05, 0) is 25.4 Å². The number of rotatable bonds is 6. The first-order chi connectivity index (χ1) is 7.96. The number of nitrogens with zero attached hydrogens (tertiary/aromatic N) is 3. The van der Waals surface area contributed by atoms with Crippen LogP contribution in [-0.2, 0) is 0 Å². The molecule has 0 saturated carbocycles. The zero-order valence-electron chi connectivity index (χ0n) is 9.64. The van der Waals surface area contributed by atoms with Crippen LogP contribution in [0.5, 0.6) is 6.01 Å². The van der Waals surface area contributed by atoms with E-state index >= 15 is 0 Å². The highest BCUT2D eigenvalue weighted by atomic mass is 35.5. The van der Waals surface area contributed by atoms with Crippen molar-refractivity contribution in [3.8, 4) is 6.01 Å². The van der Waals surface area contributed by atoms with Gasteiger partial charge in [-0.3, -0.25) is 0 Å². The van der Waals surface area contributed by atoms with Gasteiger partial charge in [0.15, 0.2) is 0 Å². The minimum Gasteiger partial charge on any atom is -0.464 e. The summed E-state index contributed by atoms with van der Waals surface area (Å²) in [5, 5.41) is 21.2. The van der Waals surface area contributed by atoms with Crippen LogP contribution in [-0.4, -0.2) is 50.5 Å². The fraction of sp³-hybridized carbons (Fsp3) is 0.667. The number of aliphatic hydroxyl groups is 2. The summed E-state index contributed by atoms with van der Waals surface area (Å²) in [5.74, 6) is 0.183. The molecule has 0 aliphatic heterocycles. The molecule has 1 heterocycles. The lowest BCUT2D eigenvalue weighted by atomic mass is 10.1. The van der Waals surface area contributed by atoms with Gasteiger partial charge in [-0.15, -0.1) is 0 Å². The van der Waals surface area contributed by atoms with Crippen LogP contribution in [0.15, 0.2) is 0 Å². The minimum absolute atomic E-state index is 0.00501. The second-order valence-electron chi connectivity index (χ2n) is 3.65. The Balaban J connectivity index is 2.70. The van der Waals surface area contributed by atoms with Gasteiger partial charge in [-0.1, -0.05) is 0 Å². The second-order valence-corrected chi connectivity index (χ2v) is 3.99. The third-order valence-electron chi connectivity index (χ3n) is 1.83. The van der Waals surface area contributed by atoms with Crippen LogP contribution in [0.3, 0.4) is 0 Å². The van der Waals surface area contributed by atoms with Crippen molar-refractivity contribution in [2.75, 3.05) is 25.1 Å². The average molecular weight is 263 g/mol. The SMILES string of the molecule is CCOc1nc(Cl)nc(NCC(C)(O)CO)n1. The number of hydrogen-bond acceptors (Lipinski definition) is 7. The molecule has 0 bridgehead atoms. The average Bonchev–Trinajstić information content (AvgIpc) is 2.26. The molecule has 1 aromatic rings. The first-order valence-corrected chi connectivity index (χ1v) is 5.46. The zero-order valence-corrected chi connectivity index (χ0v) is 10.4. The van der Waals surface area contributed by atoms with Gasteiger partial charge < -0.3 is 20.3 Å². The van der Waals surface area contributed by atoms with Gasteiger partial charge in [0.05, 0.1) is 13.2 Å². The lowest BCUT2D eigenvalue weighted by Crippen LogP contribution is -2.37. The number of anilines is 1. The molecule has 3 N–H and O–H groups in total. The van der Waals surface area contributed by atoms with Crippen LogP contribution < -0.4 is 10.1 Å². The van der Waals surface area contributed by atoms with Crippen molar-refractivity contribution < 1.29 is 14.9 Å². The van der Waals surface area contributed by atoms with Gasteiger partial charge in [-0.25, -0.2) is 0 Å². The van der Waals surface area contributed by atoms with E-state index in [1.165, 1.54) is 6.92 Å². The van der Waals surface area contributed by atoms with Gasteiger partial charge >= 0.3 is 6.01 Å². The molecule has 0 radical (unpaired) electrons. The Morgan fingerprint density at radius 1 is 1.41 bits per heavy atom. The molecule has 1 aromatic heterocycles. The summed E-state index contributed by atoms with van der Waals surface area (Å²) < 4.78 is 5.09. The van der Waals surface area contributed by atoms with E-state index in [-0.39, 0.29) is 30.4 Å². The van der Waals surface area contributed by atoms with Crippen LogP contribution >= 0.6 is 11.6 Å². The van der Waals surface area contributed by atoms with Crippen molar-refractivity contribution in [1.29, 1.82) is 0 Å². The van der Waals surface area contributed by atoms with Gasteiger partial charge in [-0.2, -0.15) is 15.0 Å². The molecule has 0 aliphatic carbocycles. The summed E-state index contributed by atoms with van der Waals surface area (Å²) in [7, 11) is 0. The number of ether oxygens (including phenoxy) is 1. The molecule has 0 spiro atoms. The van der Waals surface area contributed by atoms with Crippen molar-refractivity contribution in [2.24, 2.45) is 0 Å². The normalized spacial score (nSPS) is 14.2. The van der Waals surface area contributed by atoms with Gasteiger partial charge in [0.2, 0.25) is 11.2 Å². The highest BCUT2D eigenvalue weighted by Gasteiger charge is 2.19. The van der Waals surface area contributed by atoms with Gasteiger partial charge in [0.25, 0.3) is 0 Å². The Bertz CT molecular complexity index is 375. The first kappa shape index (κ1) is 13.9. The molecule has 96 valence electrons. The number of nitrogens with one attached hydrogen (secondary N) is 1. The van der Waals surface area contributed by atoms with Crippen LogP contribution in [0.4, 0.5) is 5.95 Å². The van der Waals surface area contributed by atoms with E-state index in [1.807, 2.05) is 0 Å². The van der Waals surface area contributed by atoms with Crippen LogP contribution in [0.1, 0.15) is 13.8 Å². The molecular weight excluding hydrogens is 248 g/mol. The molecule has 8 heteroatoms. The zero-order chi connectivity index (χ0) is 12.9.